The number of aliphatic carboxylic acids is 1. The lowest BCUT2D eigenvalue weighted by atomic mass is 9.97. The Balaban J connectivity index is 1.96. The number of nitriles is 1. The van der Waals surface area contributed by atoms with Crippen molar-refractivity contribution in [3.05, 3.63) is 29.8 Å². The van der Waals surface area contributed by atoms with E-state index >= 15 is 0 Å². The van der Waals surface area contributed by atoms with Crippen LogP contribution in [0.4, 0.5) is 0 Å². The lowest BCUT2D eigenvalue weighted by molar-refractivity contribution is -0.147. The SMILES string of the molecule is CC(Oc1ccccc1C#N)C(=O)N1CCC(C(=O)O)CC1. The van der Waals surface area contributed by atoms with E-state index in [0.29, 0.717) is 37.2 Å². The Morgan fingerprint density at radius 2 is 2.00 bits per heavy atom. The van der Waals surface area contributed by atoms with Gasteiger partial charge in [-0.3, -0.25) is 9.59 Å². The number of carbonyl (C=O) groups excluding carboxylic acids is 1. The monoisotopic (exact) mass is 302 g/mol. The van der Waals surface area contributed by atoms with Crippen LogP contribution in [-0.4, -0.2) is 41.1 Å². The van der Waals surface area contributed by atoms with Gasteiger partial charge in [-0.2, -0.15) is 5.26 Å². The summed E-state index contributed by atoms with van der Waals surface area (Å²) in [4.78, 5) is 24.9. The molecule has 1 aromatic carbocycles. The number of benzene rings is 1. The van der Waals surface area contributed by atoms with Crippen molar-refractivity contribution in [2.24, 2.45) is 5.92 Å². The number of hydrogen-bond donors (Lipinski definition) is 1. The van der Waals surface area contributed by atoms with Crippen LogP contribution in [0.15, 0.2) is 24.3 Å². The number of ether oxygens (including phenoxy) is 1. The number of para-hydroxylation sites is 1. The van der Waals surface area contributed by atoms with Gasteiger partial charge >= 0.3 is 5.97 Å². The highest BCUT2D eigenvalue weighted by Gasteiger charge is 2.30. The van der Waals surface area contributed by atoms with Crippen LogP contribution < -0.4 is 4.74 Å². The first-order valence-corrected chi connectivity index (χ1v) is 7.20. The van der Waals surface area contributed by atoms with E-state index in [4.69, 9.17) is 15.1 Å². The molecule has 1 amide bonds. The van der Waals surface area contributed by atoms with Crippen LogP contribution in [0.5, 0.6) is 5.75 Å². The third kappa shape index (κ3) is 3.55. The highest BCUT2D eigenvalue weighted by molar-refractivity contribution is 5.81. The van der Waals surface area contributed by atoms with E-state index in [0.717, 1.165) is 0 Å². The Morgan fingerprint density at radius 1 is 1.36 bits per heavy atom. The summed E-state index contributed by atoms with van der Waals surface area (Å²) < 4.78 is 5.60. The van der Waals surface area contributed by atoms with Crippen molar-refractivity contribution >= 4 is 11.9 Å². The molecular weight excluding hydrogens is 284 g/mol. The number of carboxylic acids is 1. The molecule has 6 heteroatoms. The Labute approximate surface area is 128 Å². The molecule has 0 aliphatic carbocycles. The third-order valence-electron chi connectivity index (χ3n) is 3.81. The van der Waals surface area contributed by atoms with E-state index in [1.807, 2.05) is 6.07 Å². The van der Waals surface area contributed by atoms with Crippen LogP contribution in [0.25, 0.3) is 0 Å². The highest BCUT2D eigenvalue weighted by atomic mass is 16.5. The third-order valence-corrected chi connectivity index (χ3v) is 3.81. The van der Waals surface area contributed by atoms with Crippen molar-refractivity contribution in [3.63, 3.8) is 0 Å². The van der Waals surface area contributed by atoms with Gasteiger partial charge in [-0.25, -0.2) is 0 Å². The first kappa shape index (κ1) is 15.8. The molecule has 0 bridgehead atoms. The molecule has 0 radical (unpaired) electrons. The minimum absolute atomic E-state index is 0.184. The molecule has 6 nitrogen and oxygen atoms in total. The average Bonchev–Trinajstić information content (AvgIpc) is 2.54. The summed E-state index contributed by atoms with van der Waals surface area (Å²) in [6.07, 6.45) is 0.210. The van der Waals surface area contributed by atoms with Gasteiger partial charge in [-0.05, 0) is 31.9 Å². The largest absolute Gasteiger partial charge is 0.481 e. The van der Waals surface area contributed by atoms with Crippen LogP contribution in [0.2, 0.25) is 0 Å². The van der Waals surface area contributed by atoms with Gasteiger partial charge in [0.25, 0.3) is 5.91 Å². The molecule has 2 rings (SSSR count). The second-order valence-electron chi connectivity index (χ2n) is 5.31. The molecule has 0 spiro atoms. The average molecular weight is 302 g/mol. The number of carboxylic acid groups (broad SMARTS) is 1. The van der Waals surface area contributed by atoms with Crippen molar-refractivity contribution in [1.82, 2.24) is 4.90 Å². The van der Waals surface area contributed by atoms with Gasteiger partial charge in [0.05, 0.1) is 11.5 Å². The van der Waals surface area contributed by atoms with Crippen LogP contribution in [0.1, 0.15) is 25.3 Å². The van der Waals surface area contributed by atoms with Crippen molar-refractivity contribution in [2.45, 2.75) is 25.9 Å². The van der Waals surface area contributed by atoms with E-state index in [2.05, 4.69) is 0 Å². The smallest absolute Gasteiger partial charge is 0.306 e. The topological polar surface area (TPSA) is 90.6 Å². The number of nitrogens with zero attached hydrogens (tertiary/aromatic N) is 2. The lowest BCUT2D eigenvalue weighted by Gasteiger charge is -2.32. The molecule has 1 heterocycles. The summed E-state index contributed by atoms with van der Waals surface area (Å²) in [6, 6.07) is 8.78. The predicted octanol–water partition coefficient (Wildman–Crippen LogP) is 1.65. The van der Waals surface area contributed by atoms with E-state index in [-0.39, 0.29) is 11.8 Å². The van der Waals surface area contributed by atoms with Gasteiger partial charge in [0.2, 0.25) is 0 Å². The van der Waals surface area contributed by atoms with Crippen LogP contribution >= 0.6 is 0 Å². The van der Waals surface area contributed by atoms with E-state index in [1.54, 1.807) is 36.1 Å². The standard InChI is InChI=1S/C16H18N2O4/c1-11(22-14-5-3-2-4-13(14)10-17)15(19)18-8-6-12(7-9-18)16(20)21/h2-5,11-12H,6-9H2,1H3,(H,20,21). The number of hydrogen-bond acceptors (Lipinski definition) is 4. The fraction of sp³-hybridized carbons (Fsp3) is 0.438. The zero-order valence-corrected chi connectivity index (χ0v) is 12.4. The lowest BCUT2D eigenvalue weighted by Crippen LogP contribution is -2.45. The first-order chi connectivity index (χ1) is 10.5. The summed E-state index contributed by atoms with van der Waals surface area (Å²) in [5, 5.41) is 18.0. The van der Waals surface area contributed by atoms with Gasteiger partial charge in [-0.1, -0.05) is 12.1 Å². The van der Waals surface area contributed by atoms with Crippen molar-refractivity contribution < 1.29 is 19.4 Å². The van der Waals surface area contributed by atoms with Gasteiger partial charge < -0.3 is 14.7 Å². The maximum Gasteiger partial charge on any atom is 0.306 e. The maximum absolute atomic E-state index is 12.3. The van der Waals surface area contributed by atoms with Crippen molar-refractivity contribution in [2.75, 3.05) is 13.1 Å². The molecular formula is C16H18N2O4. The molecule has 1 fully saturated rings. The Bertz CT molecular complexity index is 600. The molecule has 0 saturated carbocycles. The zero-order valence-electron chi connectivity index (χ0n) is 12.4. The van der Waals surface area contributed by atoms with E-state index < -0.39 is 12.1 Å². The fourth-order valence-electron chi connectivity index (χ4n) is 2.51. The molecule has 0 aromatic heterocycles. The number of carbonyl (C=O) groups is 2. The summed E-state index contributed by atoms with van der Waals surface area (Å²) in [5.41, 5.74) is 0.381. The maximum atomic E-state index is 12.3. The van der Waals surface area contributed by atoms with Crippen LogP contribution in [0, 0.1) is 17.2 Å². The molecule has 1 N–H and O–H groups in total. The quantitative estimate of drug-likeness (QED) is 0.913. The van der Waals surface area contributed by atoms with Gasteiger partial charge in [0, 0.05) is 13.1 Å². The Hall–Kier alpha value is -2.55. The second kappa shape index (κ2) is 6.94. The zero-order chi connectivity index (χ0) is 16.1. The Kier molecular flexibility index (Phi) is 4.99. The minimum Gasteiger partial charge on any atom is -0.481 e. The minimum atomic E-state index is -0.806. The summed E-state index contributed by atoms with van der Waals surface area (Å²) in [6.45, 7) is 2.48. The number of rotatable bonds is 4. The number of piperidine rings is 1. The predicted molar refractivity (Wildman–Crippen MR) is 78.2 cm³/mol. The van der Waals surface area contributed by atoms with Gasteiger partial charge in [0.15, 0.2) is 6.10 Å². The number of amides is 1. The molecule has 1 unspecified atom stereocenters. The van der Waals surface area contributed by atoms with Crippen molar-refractivity contribution in [1.29, 1.82) is 5.26 Å². The van der Waals surface area contributed by atoms with Gasteiger partial charge in [0.1, 0.15) is 11.8 Å². The van der Waals surface area contributed by atoms with Gasteiger partial charge in [-0.15, -0.1) is 0 Å². The molecule has 1 aromatic rings. The van der Waals surface area contributed by atoms with Crippen LogP contribution in [-0.2, 0) is 9.59 Å². The number of likely N-dealkylation sites (tertiary alicyclic amines) is 1. The normalized spacial score (nSPS) is 16.6. The molecule has 1 aliphatic heterocycles. The highest BCUT2D eigenvalue weighted by Crippen LogP contribution is 2.21. The second-order valence-corrected chi connectivity index (χ2v) is 5.31. The molecule has 1 saturated heterocycles. The van der Waals surface area contributed by atoms with E-state index in [1.165, 1.54) is 0 Å². The molecule has 116 valence electrons. The fourth-order valence-corrected chi connectivity index (χ4v) is 2.51. The Morgan fingerprint density at radius 3 is 2.59 bits per heavy atom. The molecule has 1 aliphatic rings. The molecule has 22 heavy (non-hydrogen) atoms. The summed E-state index contributed by atoms with van der Waals surface area (Å²) >= 11 is 0. The molecule has 1 atom stereocenters. The van der Waals surface area contributed by atoms with Crippen LogP contribution in [0.3, 0.4) is 0 Å². The van der Waals surface area contributed by atoms with Crippen molar-refractivity contribution in [3.8, 4) is 11.8 Å². The first-order valence-electron chi connectivity index (χ1n) is 7.20. The summed E-state index contributed by atoms with van der Waals surface area (Å²) in [7, 11) is 0. The van der Waals surface area contributed by atoms with E-state index in [9.17, 15) is 9.59 Å². The summed E-state index contributed by atoms with van der Waals surface area (Å²) in [5.74, 6) is -0.984.